The Kier molecular flexibility index (Phi) is 4.74. The Morgan fingerprint density at radius 2 is 2.00 bits per heavy atom. The average molecular weight is 290 g/mol. The monoisotopic (exact) mass is 290 g/mol. The maximum absolute atomic E-state index is 4.90. The van der Waals surface area contributed by atoms with E-state index in [1.165, 1.54) is 24.8 Å². The summed E-state index contributed by atoms with van der Waals surface area (Å²) < 4.78 is 0. The molecule has 0 bridgehead atoms. The summed E-state index contributed by atoms with van der Waals surface area (Å²) in [6.45, 7) is 13.2. The van der Waals surface area contributed by atoms with Crippen LogP contribution in [-0.2, 0) is 5.41 Å². The quantitative estimate of drug-likeness (QED) is 0.917. The molecule has 1 aliphatic rings. The molecule has 2 rings (SSSR count). The first kappa shape index (κ1) is 16.1. The maximum Gasteiger partial charge on any atom is 0.138 e. The van der Waals surface area contributed by atoms with Crippen molar-refractivity contribution in [1.29, 1.82) is 0 Å². The van der Waals surface area contributed by atoms with Crippen LogP contribution in [0.25, 0.3) is 0 Å². The molecule has 1 aromatic heterocycles. The third-order valence-electron chi connectivity index (χ3n) is 4.31. The van der Waals surface area contributed by atoms with Crippen LogP contribution in [0.1, 0.15) is 58.3 Å². The van der Waals surface area contributed by atoms with Gasteiger partial charge in [0.2, 0.25) is 0 Å². The number of hydrogen-bond acceptors (Lipinski definition) is 4. The van der Waals surface area contributed by atoms with Gasteiger partial charge < -0.3 is 10.2 Å². The first-order valence-electron chi connectivity index (χ1n) is 8.18. The van der Waals surface area contributed by atoms with Crippen molar-refractivity contribution in [3.8, 4) is 0 Å². The minimum Gasteiger partial charge on any atom is -0.373 e. The van der Waals surface area contributed by atoms with E-state index in [-0.39, 0.29) is 5.41 Å². The molecule has 0 aliphatic carbocycles. The number of anilines is 2. The fraction of sp³-hybridized carbons (Fsp3) is 0.765. The minimum atomic E-state index is -0.0312. The van der Waals surface area contributed by atoms with Crippen molar-refractivity contribution in [2.75, 3.05) is 30.4 Å². The van der Waals surface area contributed by atoms with Gasteiger partial charge in [-0.25, -0.2) is 9.97 Å². The molecule has 0 amide bonds. The highest BCUT2D eigenvalue weighted by atomic mass is 15.2. The molecule has 0 saturated carbocycles. The van der Waals surface area contributed by atoms with E-state index >= 15 is 0 Å². The number of rotatable bonds is 4. The zero-order chi connectivity index (χ0) is 15.6. The standard InChI is InChI=1S/C17H30N4/c1-7-8-13-9-10-21(11-13)15-12(2)14(18-6)19-16(20-15)17(3,4)5/h13H,7-11H2,1-6H3,(H,18,19,20). The van der Waals surface area contributed by atoms with Crippen LogP contribution in [0, 0.1) is 12.8 Å². The topological polar surface area (TPSA) is 41.1 Å². The Balaban J connectivity index is 2.34. The molecular weight excluding hydrogens is 260 g/mol. The van der Waals surface area contributed by atoms with E-state index in [0.717, 1.165) is 36.5 Å². The SMILES string of the molecule is CCCC1CCN(c2nc(C(C)(C)C)nc(NC)c2C)C1. The fourth-order valence-electron chi connectivity index (χ4n) is 3.06. The Morgan fingerprint density at radius 1 is 1.29 bits per heavy atom. The summed E-state index contributed by atoms with van der Waals surface area (Å²) in [5, 5.41) is 3.23. The van der Waals surface area contributed by atoms with Gasteiger partial charge in [-0.3, -0.25) is 0 Å². The molecule has 1 atom stereocenters. The zero-order valence-corrected chi connectivity index (χ0v) is 14.5. The van der Waals surface area contributed by atoms with Crippen molar-refractivity contribution in [2.45, 2.75) is 59.3 Å². The molecule has 1 aromatic rings. The molecule has 4 nitrogen and oxygen atoms in total. The summed E-state index contributed by atoms with van der Waals surface area (Å²) in [6, 6.07) is 0. The second-order valence-corrected chi connectivity index (χ2v) is 7.23. The lowest BCUT2D eigenvalue weighted by Crippen LogP contribution is -2.26. The molecule has 0 spiro atoms. The van der Waals surface area contributed by atoms with Crippen LogP contribution >= 0.6 is 0 Å². The highest BCUT2D eigenvalue weighted by Crippen LogP contribution is 2.32. The molecule has 1 N–H and O–H groups in total. The van der Waals surface area contributed by atoms with Gasteiger partial charge in [0.1, 0.15) is 17.5 Å². The van der Waals surface area contributed by atoms with Crippen LogP contribution in [0.2, 0.25) is 0 Å². The lowest BCUT2D eigenvalue weighted by Gasteiger charge is -2.25. The Labute approximate surface area is 129 Å². The molecule has 1 saturated heterocycles. The number of aromatic nitrogens is 2. The molecule has 1 unspecified atom stereocenters. The van der Waals surface area contributed by atoms with Gasteiger partial charge in [-0.1, -0.05) is 34.1 Å². The lowest BCUT2D eigenvalue weighted by molar-refractivity contribution is 0.528. The van der Waals surface area contributed by atoms with Crippen molar-refractivity contribution in [3.63, 3.8) is 0 Å². The van der Waals surface area contributed by atoms with Crippen LogP contribution < -0.4 is 10.2 Å². The van der Waals surface area contributed by atoms with Gasteiger partial charge in [0.05, 0.1) is 0 Å². The van der Waals surface area contributed by atoms with E-state index in [0.29, 0.717) is 0 Å². The summed E-state index contributed by atoms with van der Waals surface area (Å²) in [7, 11) is 1.94. The second-order valence-electron chi connectivity index (χ2n) is 7.23. The maximum atomic E-state index is 4.90. The van der Waals surface area contributed by atoms with Crippen LogP contribution in [0.4, 0.5) is 11.6 Å². The highest BCUT2D eigenvalue weighted by molar-refractivity contribution is 5.59. The van der Waals surface area contributed by atoms with Crippen LogP contribution in [-0.4, -0.2) is 30.1 Å². The summed E-state index contributed by atoms with van der Waals surface area (Å²) in [6.07, 6.45) is 3.89. The fourth-order valence-corrected chi connectivity index (χ4v) is 3.06. The molecule has 4 heteroatoms. The molecular formula is C17H30N4. The predicted molar refractivity (Wildman–Crippen MR) is 90.2 cm³/mol. The average Bonchev–Trinajstić information content (AvgIpc) is 2.86. The van der Waals surface area contributed by atoms with Gasteiger partial charge in [-0.15, -0.1) is 0 Å². The molecule has 0 radical (unpaired) electrons. The van der Waals surface area contributed by atoms with Gasteiger partial charge >= 0.3 is 0 Å². The first-order valence-corrected chi connectivity index (χ1v) is 8.18. The Bertz CT molecular complexity index is 490. The van der Waals surface area contributed by atoms with E-state index in [2.05, 4.69) is 44.8 Å². The lowest BCUT2D eigenvalue weighted by atomic mass is 9.95. The summed E-state index contributed by atoms with van der Waals surface area (Å²) >= 11 is 0. The highest BCUT2D eigenvalue weighted by Gasteiger charge is 2.27. The van der Waals surface area contributed by atoms with Crippen molar-refractivity contribution < 1.29 is 0 Å². The largest absolute Gasteiger partial charge is 0.373 e. The Morgan fingerprint density at radius 3 is 2.57 bits per heavy atom. The van der Waals surface area contributed by atoms with E-state index in [1.54, 1.807) is 0 Å². The predicted octanol–water partition coefficient (Wildman–Crippen LogP) is 3.75. The van der Waals surface area contributed by atoms with Crippen molar-refractivity contribution >= 4 is 11.6 Å². The third kappa shape index (κ3) is 3.47. The third-order valence-corrected chi connectivity index (χ3v) is 4.31. The number of nitrogens with one attached hydrogen (secondary N) is 1. The molecule has 1 aliphatic heterocycles. The van der Waals surface area contributed by atoms with Crippen LogP contribution in [0.15, 0.2) is 0 Å². The molecule has 118 valence electrons. The zero-order valence-electron chi connectivity index (χ0n) is 14.5. The van der Waals surface area contributed by atoms with Crippen LogP contribution in [0.3, 0.4) is 0 Å². The van der Waals surface area contributed by atoms with E-state index in [4.69, 9.17) is 9.97 Å². The Hall–Kier alpha value is -1.32. The van der Waals surface area contributed by atoms with E-state index < -0.39 is 0 Å². The second kappa shape index (κ2) is 6.20. The minimum absolute atomic E-state index is 0.0312. The molecule has 21 heavy (non-hydrogen) atoms. The van der Waals surface area contributed by atoms with E-state index in [1.807, 2.05) is 7.05 Å². The number of nitrogens with zero attached hydrogens (tertiary/aromatic N) is 3. The first-order chi connectivity index (χ1) is 9.86. The molecule has 0 aromatic carbocycles. The van der Waals surface area contributed by atoms with E-state index in [9.17, 15) is 0 Å². The molecule has 1 fully saturated rings. The summed E-state index contributed by atoms with van der Waals surface area (Å²) in [5.41, 5.74) is 1.14. The van der Waals surface area contributed by atoms with Crippen molar-refractivity contribution in [1.82, 2.24) is 9.97 Å². The molecule has 2 heterocycles. The smallest absolute Gasteiger partial charge is 0.138 e. The van der Waals surface area contributed by atoms with Crippen LogP contribution in [0.5, 0.6) is 0 Å². The summed E-state index contributed by atoms with van der Waals surface area (Å²) in [5.74, 6) is 3.83. The van der Waals surface area contributed by atoms with Gasteiger partial charge in [0.25, 0.3) is 0 Å². The van der Waals surface area contributed by atoms with Gasteiger partial charge in [-0.05, 0) is 25.7 Å². The van der Waals surface area contributed by atoms with Gasteiger partial charge in [-0.2, -0.15) is 0 Å². The number of hydrogen-bond donors (Lipinski definition) is 1. The van der Waals surface area contributed by atoms with Gasteiger partial charge in [0, 0.05) is 31.1 Å². The normalized spacial score (nSPS) is 19.1. The van der Waals surface area contributed by atoms with Crippen molar-refractivity contribution in [3.05, 3.63) is 11.4 Å². The van der Waals surface area contributed by atoms with Gasteiger partial charge in [0.15, 0.2) is 0 Å². The van der Waals surface area contributed by atoms with Crippen molar-refractivity contribution in [2.24, 2.45) is 5.92 Å². The summed E-state index contributed by atoms with van der Waals surface area (Å²) in [4.78, 5) is 12.1.